The van der Waals surface area contributed by atoms with Crippen molar-refractivity contribution in [2.75, 3.05) is 20.8 Å². The fourth-order valence-corrected chi connectivity index (χ4v) is 1.98. The van der Waals surface area contributed by atoms with E-state index in [0.717, 1.165) is 16.9 Å². The number of rotatable bonds is 6. The summed E-state index contributed by atoms with van der Waals surface area (Å²) in [6, 6.07) is 4.19. The average Bonchev–Trinajstić information content (AvgIpc) is 2.33. The van der Waals surface area contributed by atoms with Crippen LogP contribution in [0.15, 0.2) is 12.1 Å². The Hall–Kier alpha value is -1.55. The molecular weight excluding hydrogens is 230 g/mol. The maximum Gasteiger partial charge on any atom is 0.306 e. The molecule has 0 saturated carbocycles. The molecule has 0 unspecified atom stereocenters. The zero-order valence-electron chi connectivity index (χ0n) is 11.5. The van der Waals surface area contributed by atoms with E-state index in [1.807, 2.05) is 6.92 Å². The predicted molar refractivity (Wildman–Crippen MR) is 70.8 cm³/mol. The first-order valence-electron chi connectivity index (χ1n) is 6.00. The van der Waals surface area contributed by atoms with E-state index in [9.17, 15) is 4.79 Å². The lowest BCUT2D eigenvalue weighted by Crippen LogP contribution is -2.19. The summed E-state index contributed by atoms with van der Waals surface area (Å²) in [6.45, 7) is 5.37. The lowest BCUT2D eigenvalue weighted by molar-refractivity contribution is -0.140. The second-order valence-corrected chi connectivity index (χ2v) is 4.28. The van der Waals surface area contributed by atoms with Gasteiger partial charge in [-0.25, -0.2) is 0 Å². The molecule has 0 aromatic heterocycles. The van der Waals surface area contributed by atoms with E-state index in [-0.39, 0.29) is 5.97 Å². The molecule has 0 atom stereocenters. The number of nitrogens with one attached hydrogen (secondary N) is 1. The largest absolute Gasteiger partial charge is 0.496 e. The first kappa shape index (κ1) is 14.5. The Labute approximate surface area is 108 Å². The number of hydrogen-bond acceptors (Lipinski definition) is 4. The minimum atomic E-state index is -0.199. The summed E-state index contributed by atoms with van der Waals surface area (Å²) < 4.78 is 9.98. The standard InChI is InChI=1S/C14H21NO3/c1-10-7-11(2)14(18-4)12(8-10)9-15-6-5-13(16)17-3/h7-8,15H,5-6,9H2,1-4H3. The second-order valence-electron chi connectivity index (χ2n) is 4.28. The van der Waals surface area contributed by atoms with Crippen LogP contribution in [0.3, 0.4) is 0 Å². The molecule has 1 aromatic carbocycles. The average molecular weight is 251 g/mol. The molecule has 0 saturated heterocycles. The quantitative estimate of drug-likeness (QED) is 0.620. The van der Waals surface area contributed by atoms with Crippen molar-refractivity contribution in [1.29, 1.82) is 0 Å². The van der Waals surface area contributed by atoms with Crippen LogP contribution in [0.5, 0.6) is 5.75 Å². The van der Waals surface area contributed by atoms with Crippen molar-refractivity contribution < 1.29 is 14.3 Å². The Kier molecular flexibility index (Phi) is 5.65. The van der Waals surface area contributed by atoms with E-state index in [0.29, 0.717) is 19.5 Å². The molecule has 4 nitrogen and oxygen atoms in total. The van der Waals surface area contributed by atoms with Gasteiger partial charge in [0, 0.05) is 18.7 Å². The van der Waals surface area contributed by atoms with E-state index in [4.69, 9.17) is 4.74 Å². The lowest BCUT2D eigenvalue weighted by atomic mass is 10.1. The highest BCUT2D eigenvalue weighted by Crippen LogP contribution is 2.24. The van der Waals surface area contributed by atoms with Gasteiger partial charge in [-0.2, -0.15) is 0 Å². The molecule has 0 aliphatic carbocycles. The van der Waals surface area contributed by atoms with Crippen molar-refractivity contribution in [3.63, 3.8) is 0 Å². The Morgan fingerprint density at radius 1 is 1.28 bits per heavy atom. The molecular formula is C14H21NO3. The van der Waals surface area contributed by atoms with Crippen LogP contribution in [0.1, 0.15) is 23.1 Å². The Balaban J connectivity index is 2.58. The van der Waals surface area contributed by atoms with Gasteiger partial charge in [0.25, 0.3) is 0 Å². The summed E-state index contributed by atoms with van der Waals surface area (Å²) in [5.74, 6) is 0.709. The number of carbonyl (C=O) groups excluding carboxylic acids is 1. The molecule has 100 valence electrons. The van der Waals surface area contributed by atoms with E-state index < -0.39 is 0 Å². The number of aryl methyl sites for hydroxylation is 2. The fourth-order valence-electron chi connectivity index (χ4n) is 1.98. The molecule has 4 heteroatoms. The van der Waals surface area contributed by atoms with Crippen LogP contribution in [-0.4, -0.2) is 26.7 Å². The lowest BCUT2D eigenvalue weighted by Gasteiger charge is -2.13. The third-order valence-electron chi connectivity index (χ3n) is 2.75. The highest BCUT2D eigenvalue weighted by molar-refractivity contribution is 5.69. The first-order chi connectivity index (χ1) is 8.58. The Bertz CT molecular complexity index is 416. The normalized spacial score (nSPS) is 10.2. The number of esters is 1. The van der Waals surface area contributed by atoms with Crippen LogP contribution in [0, 0.1) is 13.8 Å². The summed E-state index contributed by atoms with van der Waals surface area (Å²) in [6.07, 6.45) is 0.379. The predicted octanol–water partition coefficient (Wildman–Crippen LogP) is 1.96. The number of ether oxygens (including phenoxy) is 2. The van der Waals surface area contributed by atoms with E-state index >= 15 is 0 Å². The van der Waals surface area contributed by atoms with Crippen LogP contribution < -0.4 is 10.1 Å². The van der Waals surface area contributed by atoms with Crippen molar-refractivity contribution >= 4 is 5.97 Å². The molecule has 18 heavy (non-hydrogen) atoms. The smallest absolute Gasteiger partial charge is 0.306 e. The maximum absolute atomic E-state index is 11.0. The van der Waals surface area contributed by atoms with Gasteiger partial charge in [-0.3, -0.25) is 4.79 Å². The highest BCUT2D eigenvalue weighted by atomic mass is 16.5. The molecule has 0 bridgehead atoms. The van der Waals surface area contributed by atoms with Gasteiger partial charge in [-0.1, -0.05) is 17.7 Å². The van der Waals surface area contributed by atoms with E-state index in [1.165, 1.54) is 12.7 Å². The summed E-state index contributed by atoms with van der Waals surface area (Å²) in [4.78, 5) is 11.0. The van der Waals surface area contributed by atoms with Gasteiger partial charge >= 0.3 is 5.97 Å². The van der Waals surface area contributed by atoms with E-state index in [2.05, 4.69) is 29.1 Å². The summed E-state index contributed by atoms with van der Waals surface area (Å²) in [5, 5.41) is 3.22. The molecule has 0 heterocycles. The molecule has 1 N–H and O–H groups in total. The van der Waals surface area contributed by atoms with Gasteiger partial charge < -0.3 is 14.8 Å². The SMILES string of the molecule is COC(=O)CCNCc1cc(C)cc(C)c1OC. The second kappa shape index (κ2) is 7.01. The maximum atomic E-state index is 11.0. The van der Waals surface area contributed by atoms with Crippen molar-refractivity contribution in [2.24, 2.45) is 0 Å². The van der Waals surface area contributed by atoms with Crippen LogP contribution in [-0.2, 0) is 16.1 Å². The molecule has 1 rings (SSSR count). The summed E-state index contributed by atoms with van der Waals surface area (Å²) in [5.41, 5.74) is 3.44. The van der Waals surface area contributed by atoms with Gasteiger partial charge in [0.1, 0.15) is 5.75 Å². The van der Waals surface area contributed by atoms with Crippen molar-refractivity contribution in [1.82, 2.24) is 5.32 Å². The number of benzene rings is 1. The molecule has 0 radical (unpaired) electrons. The van der Waals surface area contributed by atoms with Crippen LogP contribution in [0.25, 0.3) is 0 Å². The minimum absolute atomic E-state index is 0.199. The van der Waals surface area contributed by atoms with Gasteiger partial charge in [-0.15, -0.1) is 0 Å². The van der Waals surface area contributed by atoms with Crippen LogP contribution in [0.4, 0.5) is 0 Å². The molecule has 0 spiro atoms. The molecule has 0 aliphatic rings. The zero-order chi connectivity index (χ0) is 13.5. The zero-order valence-corrected chi connectivity index (χ0v) is 11.5. The minimum Gasteiger partial charge on any atom is -0.496 e. The van der Waals surface area contributed by atoms with Gasteiger partial charge in [0.2, 0.25) is 0 Å². The van der Waals surface area contributed by atoms with Gasteiger partial charge in [-0.05, 0) is 19.4 Å². The number of carbonyl (C=O) groups is 1. The van der Waals surface area contributed by atoms with E-state index in [1.54, 1.807) is 7.11 Å². The number of methoxy groups -OCH3 is 2. The highest BCUT2D eigenvalue weighted by Gasteiger charge is 2.07. The number of hydrogen-bond donors (Lipinski definition) is 1. The van der Waals surface area contributed by atoms with Crippen molar-refractivity contribution in [3.8, 4) is 5.75 Å². The fraction of sp³-hybridized carbons (Fsp3) is 0.500. The molecule has 0 fully saturated rings. The third-order valence-corrected chi connectivity index (χ3v) is 2.75. The van der Waals surface area contributed by atoms with Crippen LogP contribution in [0.2, 0.25) is 0 Å². The van der Waals surface area contributed by atoms with Gasteiger partial charge in [0.15, 0.2) is 0 Å². The topological polar surface area (TPSA) is 47.6 Å². The summed E-state index contributed by atoms with van der Waals surface area (Å²) in [7, 11) is 3.07. The first-order valence-corrected chi connectivity index (χ1v) is 6.00. The Morgan fingerprint density at radius 2 is 2.00 bits per heavy atom. The third kappa shape index (κ3) is 4.04. The summed E-state index contributed by atoms with van der Waals surface area (Å²) >= 11 is 0. The van der Waals surface area contributed by atoms with Gasteiger partial charge in [0.05, 0.1) is 20.6 Å². The monoisotopic (exact) mass is 251 g/mol. The Morgan fingerprint density at radius 3 is 2.61 bits per heavy atom. The van der Waals surface area contributed by atoms with Crippen molar-refractivity contribution in [2.45, 2.75) is 26.8 Å². The van der Waals surface area contributed by atoms with Crippen LogP contribution >= 0.6 is 0 Å². The molecule has 1 aromatic rings. The molecule has 0 amide bonds. The molecule has 0 aliphatic heterocycles. The van der Waals surface area contributed by atoms with Crippen molar-refractivity contribution in [3.05, 3.63) is 28.8 Å².